The van der Waals surface area contributed by atoms with Crippen LogP contribution < -0.4 is 16.4 Å². The molecule has 8 heteroatoms. The van der Waals surface area contributed by atoms with E-state index < -0.39 is 0 Å². The van der Waals surface area contributed by atoms with Crippen LogP contribution in [0.3, 0.4) is 0 Å². The minimum atomic E-state index is -0.155. The maximum atomic E-state index is 11.8. The maximum Gasteiger partial charge on any atom is 0.263 e. The number of hydrogen-bond donors (Lipinski definition) is 3. The quantitative estimate of drug-likeness (QED) is 0.733. The van der Waals surface area contributed by atoms with Crippen molar-refractivity contribution in [2.45, 2.75) is 11.4 Å². The topological polar surface area (TPSA) is 85.0 Å². The van der Waals surface area contributed by atoms with Gasteiger partial charge in [-0.2, -0.15) is 5.10 Å². The van der Waals surface area contributed by atoms with Gasteiger partial charge in [-0.3, -0.25) is 9.48 Å². The predicted molar refractivity (Wildman–Crippen MR) is 84.4 cm³/mol. The largest absolute Gasteiger partial charge is 0.396 e. The number of nitrogens with two attached hydrogens (primary N) is 1. The van der Waals surface area contributed by atoms with E-state index in [2.05, 4.69) is 15.7 Å². The lowest BCUT2D eigenvalue weighted by atomic mass is 10.3. The third-order valence-electron chi connectivity index (χ3n) is 2.75. The van der Waals surface area contributed by atoms with Crippen LogP contribution in [-0.2, 0) is 13.6 Å². The molecule has 0 saturated carbocycles. The van der Waals surface area contributed by atoms with E-state index >= 15 is 0 Å². The van der Waals surface area contributed by atoms with Crippen LogP contribution in [0, 0.1) is 0 Å². The summed E-state index contributed by atoms with van der Waals surface area (Å²) in [6.07, 6.45) is 5.70. The third kappa shape index (κ3) is 2.91. The molecule has 0 aliphatic heterocycles. The van der Waals surface area contributed by atoms with Crippen LogP contribution in [0.25, 0.3) is 0 Å². The maximum absolute atomic E-state index is 11.8. The molecular formula is C12H17N5OS2. The normalized spacial score (nSPS) is 10.6. The van der Waals surface area contributed by atoms with Crippen molar-refractivity contribution in [2.24, 2.45) is 7.05 Å². The molecule has 0 aliphatic rings. The van der Waals surface area contributed by atoms with Gasteiger partial charge in [-0.05, 0) is 6.26 Å². The van der Waals surface area contributed by atoms with E-state index in [1.165, 1.54) is 23.1 Å². The van der Waals surface area contributed by atoms with E-state index in [0.717, 1.165) is 15.5 Å². The van der Waals surface area contributed by atoms with E-state index in [4.69, 9.17) is 5.73 Å². The van der Waals surface area contributed by atoms with E-state index in [1.807, 2.05) is 25.7 Å². The van der Waals surface area contributed by atoms with Crippen molar-refractivity contribution in [3.8, 4) is 0 Å². The summed E-state index contributed by atoms with van der Waals surface area (Å²) in [4.78, 5) is 13.2. The number of aryl methyl sites for hydroxylation is 1. The van der Waals surface area contributed by atoms with Crippen LogP contribution in [0.2, 0.25) is 0 Å². The van der Waals surface area contributed by atoms with E-state index in [0.29, 0.717) is 17.1 Å². The second kappa shape index (κ2) is 6.19. The summed E-state index contributed by atoms with van der Waals surface area (Å²) in [5, 5.41) is 11.0. The molecule has 0 radical (unpaired) electrons. The zero-order valence-electron chi connectivity index (χ0n) is 11.6. The van der Waals surface area contributed by atoms with Crippen molar-refractivity contribution in [1.29, 1.82) is 0 Å². The Bertz CT molecular complexity index is 619. The van der Waals surface area contributed by atoms with Gasteiger partial charge < -0.3 is 16.4 Å². The highest BCUT2D eigenvalue weighted by atomic mass is 32.2. The van der Waals surface area contributed by atoms with Crippen LogP contribution in [0.4, 0.5) is 10.7 Å². The molecular weight excluding hydrogens is 294 g/mol. The van der Waals surface area contributed by atoms with Crippen molar-refractivity contribution >= 4 is 39.7 Å². The summed E-state index contributed by atoms with van der Waals surface area (Å²) in [5.74, 6) is -0.155. The molecule has 2 heterocycles. The molecule has 0 unspecified atom stereocenters. The molecule has 0 aromatic carbocycles. The first-order valence-corrected chi connectivity index (χ1v) is 8.00. The lowest BCUT2D eigenvalue weighted by Crippen LogP contribution is -2.17. The number of aromatic nitrogens is 2. The molecule has 108 valence electrons. The number of anilines is 2. The van der Waals surface area contributed by atoms with Crippen LogP contribution in [0.1, 0.15) is 15.2 Å². The first kappa shape index (κ1) is 14.7. The fourth-order valence-electron chi connectivity index (χ4n) is 1.78. The fraction of sp³-hybridized carbons (Fsp3) is 0.333. The SMILES string of the molecule is CNC(=O)c1sc(NCc2cnn(C)c2)c(SC)c1N. The van der Waals surface area contributed by atoms with Gasteiger partial charge in [0, 0.05) is 32.4 Å². The Balaban J connectivity index is 2.20. The lowest BCUT2D eigenvalue weighted by molar-refractivity contribution is 0.0968. The molecule has 20 heavy (non-hydrogen) atoms. The molecule has 6 nitrogen and oxygen atoms in total. The second-order valence-electron chi connectivity index (χ2n) is 4.16. The first-order chi connectivity index (χ1) is 9.56. The summed E-state index contributed by atoms with van der Waals surface area (Å²) >= 11 is 2.91. The Morgan fingerprint density at radius 2 is 2.35 bits per heavy atom. The highest BCUT2D eigenvalue weighted by Crippen LogP contribution is 2.41. The number of hydrogen-bond acceptors (Lipinski definition) is 6. The average molecular weight is 311 g/mol. The molecule has 0 atom stereocenters. The molecule has 1 amide bonds. The van der Waals surface area contributed by atoms with Gasteiger partial charge in [0.2, 0.25) is 0 Å². The zero-order valence-corrected chi connectivity index (χ0v) is 13.2. The Kier molecular flexibility index (Phi) is 4.56. The number of rotatable bonds is 5. The molecule has 4 N–H and O–H groups in total. The van der Waals surface area contributed by atoms with Gasteiger partial charge in [0.15, 0.2) is 0 Å². The smallest absolute Gasteiger partial charge is 0.263 e. The number of carbonyl (C=O) groups is 1. The van der Waals surface area contributed by atoms with Crippen molar-refractivity contribution in [1.82, 2.24) is 15.1 Å². The highest BCUT2D eigenvalue weighted by Gasteiger charge is 2.19. The van der Waals surface area contributed by atoms with Crippen LogP contribution in [0.5, 0.6) is 0 Å². The number of nitrogens with zero attached hydrogens (tertiary/aromatic N) is 2. The van der Waals surface area contributed by atoms with Gasteiger partial charge in [0.05, 0.1) is 16.8 Å². The minimum absolute atomic E-state index is 0.155. The van der Waals surface area contributed by atoms with E-state index in [-0.39, 0.29) is 5.91 Å². The summed E-state index contributed by atoms with van der Waals surface area (Å²) in [6, 6.07) is 0. The molecule has 0 bridgehead atoms. The number of nitrogen functional groups attached to an aromatic ring is 1. The Labute approximate surface area is 125 Å². The van der Waals surface area contributed by atoms with Gasteiger partial charge in [-0.15, -0.1) is 23.1 Å². The molecule has 0 spiro atoms. The molecule has 0 fully saturated rings. The number of thioether (sulfide) groups is 1. The van der Waals surface area contributed by atoms with E-state index in [9.17, 15) is 4.79 Å². The molecule has 0 aliphatic carbocycles. The molecule has 2 aromatic heterocycles. The fourth-order valence-corrected chi connectivity index (χ4v) is 3.75. The summed E-state index contributed by atoms with van der Waals surface area (Å²) in [7, 11) is 3.48. The van der Waals surface area contributed by atoms with Crippen LogP contribution in [0.15, 0.2) is 17.3 Å². The van der Waals surface area contributed by atoms with Gasteiger partial charge in [-0.1, -0.05) is 0 Å². The number of carbonyl (C=O) groups excluding carboxylic acids is 1. The van der Waals surface area contributed by atoms with Gasteiger partial charge in [-0.25, -0.2) is 0 Å². The monoisotopic (exact) mass is 311 g/mol. The minimum Gasteiger partial charge on any atom is -0.396 e. The summed E-state index contributed by atoms with van der Waals surface area (Å²) < 4.78 is 1.76. The molecule has 2 rings (SSSR count). The Hall–Kier alpha value is -1.67. The third-order valence-corrected chi connectivity index (χ3v) is 4.87. The lowest BCUT2D eigenvalue weighted by Gasteiger charge is -2.04. The first-order valence-electron chi connectivity index (χ1n) is 5.96. The zero-order chi connectivity index (χ0) is 14.7. The molecule has 0 saturated heterocycles. The number of thiophene rings is 1. The van der Waals surface area contributed by atoms with Gasteiger partial charge in [0.25, 0.3) is 5.91 Å². The highest BCUT2D eigenvalue weighted by molar-refractivity contribution is 7.99. The standard InChI is InChI=1S/C12H17N5OS2/c1-14-11(18)9-8(13)10(19-3)12(20-9)15-4-7-5-16-17(2)6-7/h5-6,15H,4,13H2,1-3H3,(H,14,18). The van der Waals surface area contributed by atoms with Crippen molar-refractivity contribution in [3.05, 3.63) is 22.8 Å². The van der Waals surface area contributed by atoms with Gasteiger partial charge >= 0.3 is 0 Å². The number of amides is 1. The summed E-state index contributed by atoms with van der Waals surface area (Å²) in [6.45, 7) is 0.647. The second-order valence-corrected chi connectivity index (χ2v) is 6.00. The Morgan fingerprint density at radius 1 is 1.60 bits per heavy atom. The van der Waals surface area contributed by atoms with Crippen LogP contribution in [-0.4, -0.2) is 29.0 Å². The average Bonchev–Trinajstić information content (AvgIpc) is 2.99. The predicted octanol–water partition coefficient (Wildman–Crippen LogP) is 1.76. The summed E-state index contributed by atoms with van der Waals surface area (Å²) in [5.41, 5.74) is 7.65. The van der Waals surface area contributed by atoms with Gasteiger partial charge in [0.1, 0.15) is 9.88 Å². The van der Waals surface area contributed by atoms with Crippen LogP contribution >= 0.6 is 23.1 Å². The van der Waals surface area contributed by atoms with Crippen molar-refractivity contribution in [2.75, 3.05) is 24.4 Å². The Morgan fingerprint density at radius 3 is 2.90 bits per heavy atom. The van der Waals surface area contributed by atoms with E-state index in [1.54, 1.807) is 11.7 Å². The molecule has 2 aromatic rings. The van der Waals surface area contributed by atoms with Crippen molar-refractivity contribution < 1.29 is 4.79 Å². The van der Waals surface area contributed by atoms with Crippen molar-refractivity contribution in [3.63, 3.8) is 0 Å². The number of nitrogens with one attached hydrogen (secondary N) is 2.